The van der Waals surface area contributed by atoms with Crippen LogP contribution in [0.2, 0.25) is 0 Å². The molecular weight excluding hydrogens is 157 g/mol. The topological polar surface area (TPSA) is 20.3 Å². The highest BCUT2D eigenvalue weighted by Gasteiger charge is 2.30. The summed E-state index contributed by atoms with van der Waals surface area (Å²) >= 11 is 0. The van der Waals surface area contributed by atoms with Crippen LogP contribution in [0, 0.1) is 0 Å². The van der Waals surface area contributed by atoms with Crippen molar-refractivity contribution in [2.45, 2.75) is 39.8 Å². The Labute approximate surface area is 73.7 Å². The number of hydrogen-bond acceptors (Lipinski definition) is 1. The van der Waals surface area contributed by atoms with Crippen LogP contribution in [0.5, 0.6) is 0 Å². The first-order chi connectivity index (χ1) is 5.43. The number of nitrogens with zero attached hydrogens (tertiary/aromatic N) is 1. The quantitative estimate of drug-likeness (QED) is 0.640. The molecule has 72 valence electrons. The summed E-state index contributed by atoms with van der Waals surface area (Å²) in [4.78, 5) is 12.9. The van der Waals surface area contributed by atoms with Crippen LogP contribution in [0.3, 0.4) is 0 Å². The first kappa shape index (κ1) is 11.4. The number of halogens is 1. The van der Waals surface area contributed by atoms with E-state index in [9.17, 15) is 9.18 Å². The Morgan fingerprint density at radius 1 is 1.42 bits per heavy atom. The van der Waals surface area contributed by atoms with Gasteiger partial charge in [-0.3, -0.25) is 4.79 Å². The van der Waals surface area contributed by atoms with Crippen LogP contribution in [-0.2, 0) is 4.79 Å². The number of hydrogen-bond donors (Lipinski definition) is 0. The molecule has 0 aromatic heterocycles. The molecule has 0 saturated carbocycles. The minimum absolute atomic E-state index is 0.410. The normalized spacial score (nSPS) is 11.4. The molecular formula is C9H18FNO. The molecule has 0 aromatic rings. The molecule has 0 aliphatic rings. The molecule has 0 heterocycles. The van der Waals surface area contributed by atoms with Crippen molar-refractivity contribution in [1.82, 2.24) is 4.90 Å². The monoisotopic (exact) mass is 175 g/mol. The van der Waals surface area contributed by atoms with Crippen LogP contribution in [0.4, 0.5) is 4.39 Å². The second kappa shape index (κ2) is 4.43. The molecule has 0 radical (unpaired) electrons. The molecule has 0 unspecified atom stereocenters. The standard InChI is InChI=1S/C9H18FNO/c1-5-7-11(6-2)8(12)9(3,4)10/h5-7H2,1-4H3. The number of alkyl halides is 1. The SMILES string of the molecule is CCCN(CC)C(=O)C(C)(C)F. The second-order valence-corrected chi connectivity index (χ2v) is 3.36. The highest BCUT2D eigenvalue weighted by atomic mass is 19.1. The molecule has 3 heteroatoms. The van der Waals surface area contributed by atoms with Gasteiger partial charge in [0.2, 0.25) is 0 Å². The highest BCUT2D eigenvalue weighted by Crippen LogP contribution is 2.12. The van der Waals surface area contributed by atoms with Crippen LogP contribution in [0.15, 0.2) is 0 Å². The van der Waals surface area contributed by atoms with Gasteiger partial charge in [0.1, 0.15) is 0 Å². The van der Waals surface area contributed by atoms with Gasteiger partial charge < -0.3 is 4.90 Å². The van der Waals surface area contributed by atoms with Crippen molar-refractivity contribution in [3.63, 3.8) is 0 Å². The van der Waals surface area contributed by atoms with Crippen LogP contribution >= 0.6 is 0 Å². The van der Waals surface area contributed by atoms with Crippen molar-refractivity contribution >= 4 is 5.91 Å². The summed E-state index contributed by atoms with van der Waals surface area (Å²) < 4.78 is 13.2. The van der Waals surface area contributed by atoms with Crippen molar-refractivity contribution in [3.8, 4) is 0 Å². The third kappa shape index (κ3) is 3.20. The van der Waals surface area contributed by atoms with Gasteiger partial charge in [-0.25, -0.2) is 4.39 Å². The Morgan fingerprint density at radius 3 is 2.17 bits per heavy atom. The first-order valence-corrected chi connectivity index (χ1v) is 4.41. The molecule has 0 fully saturated rings. The molecule has 0 saturated heterocycles. The molecule has 0 bridgehead atoms. The molecule has 0 aromatic carbocycles. The molecule has 0 spiro atoms. The van der Waals surface area contributed by atoms with Gasteiger partial charge in [-0.05, 0) is 27.2 Å². The number of carbonyl (C=O) groups excluding carboxylic acids is 1. The van der Waals surface area contributed by atoms with Gasteiger partial charge in [0.15, 0.2) is 5.67 Å². The Bertz CT molecular complexity index is 151. The van der Waals surface area contributed by atoms with E-state index in [0.29, 0.717) is 13.1 Å². The summed E-state index contributed by atoms with van der Waals surface area (Å²) in [6.07, 6.45) is 0.871. The fraction of sp³-hybridized carbons (Fsp3) is 0.889. The number of amides is 1. The molecule has 0 aliphatic heterocycles. The van der Waals surface area contributed by atoms with Crippen molar-refractivity contribution < 1.29 is 9.18 Å². The van der Waals surface area contributed by atoms with E-state index >= 15 is 0 Å². The lowest BCUT2D eigenvalue weighted by Gasteiger charge is -2.25. The average Bonchev–Trinajstić information content (AvgIpc) is 1.97. The minimum Gasteiger partial charge on any atom is -0.340 e. The summed E-state index contributed by atoms with van der Waals surface area (Å²) in [5.74, 6) is -0.410. The van der Waals surface area contributed by atoms with Gasteiger partial charge in [-0.15, -0.1) is 0 Å². The summed E-state index contributed by atoms with van der Waals surface area (Å²) in [5, 5.41) is 0. The third-order valence-corrected chi connectivity index (χ3v) is 1.67. The fourth-order valence-electron chi connectivity index (χ4n) is 1.05. The van der Waals surface area contributed by atoms with Crippen LogP contribution in [0.1, 0.15) is 34.1 Å². The zero-order valence-corrected chi connectivity index (χ0v) is 8.35. The van der Waals surface area contributed by atoms with E-state index < -0.39 is 11.6 Å². The smallest absolute Gasteiger partial charge is 0.259 e. The van der Waals surface area contributed by atoms with Crippen molar-refractivity contribution in [2.75, 3.05) is 13.1 Å². The van der Waals surface area contributed by atoms with E-state index in [0.717, 1.165) is 6.42 Å². The fourth-order valence-corrected chi connectivity index (χ4v) is 1.05. The summed E-state index contributed by atoms with van der Waals surface area (Å²) in [7, 11) is 0. The van der Waals surface area contributed by atoms with Crippen LogP contribution in [0.25, 0.3) is 0 Å². The highest BCUT2D eigenvalue weighted by molar-refractivity contribution is 5.84. The van der Waals surface area contributed by atoms with Crippen molar-refractivity contribution in [2.24, 2.45) is 0 Å². The van der Waals surface area contributed by atoms with Gasteiger partial charge >= 0.3 is 0 Å². The van der Waals surface area contributed by atoms with Gasteiger partial charge in [-0.1, -0.05) is 6.92 Å². The van der Waals surface area contributed by atoms with E-state index in [4.69, 9.17) is 0 Å². The molecule has 2 nitrogen and oxygen atoms in total. The third-order valence-electron chi connectivity index (χ3n) is 1.67. The van der Waals surface area contributed by atoms with E-state index in [1.807, 2.05) is 13.8 Å². The molecule has 0 atom stereocenters. The van der Waals surface area contributed by atoms with Gasteiger partial charge in [0, 0.05) is 13.1 Å². The average molecular weight is 175 g/mol. The first-order valence-electron chi connectivity index (χ1n) is 4.41. The largest absolute Gasteiger partial charge is 0.340 e. The Balaban J connectivity index is 4.22. The van der Waals surface area contributed by atoms with E-state index in [2.05, 4.69) is 0 Å². The predicted octanol–water partition coefficient (Wildman–Crippen LogP) is 1.99. The Hall–Kier alpha value is -0.600. The minimum atomic E-state index is -1.73. The van der Waals surface area contributed by atoms with Gasteiger partial charge in [0.05, 0.1) is 0 Å². The maximum atomic E-state index is 13.2. The summed E-state index contributed by atoms with van der Waals surface area (Å²) in [6, 6.07) is 0. The van der Waals surface area contributed by atoms with Gasteiger partial charge in [0.25, 0.3) is 5.91 Å². The number of rotatable bonds is 4. The lowest BCUT2D eigenvalue weighted by atomic mass is 10.1. The lowest BCUT2D eigenvalue weighted by molar-refractivity contribution is -0.141. The van der Waals surface area contributed by atoms with E-state index in [1.165, 1.54) is 13.8 Å². The van der Waals surface area contributed by atoms with Crippen LogP contribution < -0.4 is 0 Å². The van der Waals surface area contributed by atoms with E-state index in [-0.39, 0.29) is 0 Å². The summed E-state index contributed by atoms with van der Waals surface area (Å²) in [6.45, 7) is 7.66. The Morgan fingerprint density at radius 2 is 1.92 bits per heavy atom. The van der Waals surface area contributed by atoms with Crippen molar-refractivity contribution in [1.29, 1.82) is 0 Å². The molecule has 0 N–H and O–H groups in total. The lowest BCUT2D eigenvalue weighted by Crippen LogP contribution is -2.42. The maximum Gasteiger partial charge on any atom is 0.259 e. The summed E-state index contributed by atoms with van der Waals surface area (Å²) in [5.41, 5.74) is -1.73. The molecule has 0 rings (SSSR count). The number of carbonyl (C=O) groups is 1. The molecule has 12 heavy (non-hydrogen) atoms. The Kier molecular flexibility index (Phi) is 4.21. The van der Waals surface area contributed by atoms with Crippen molar-refractivity contribution in [3.05, 3.63) is 0 Å². The molecule has 0 aliphatic carbocycles. The van der Waals surface area contributed by atoms with E-state index in [1.54, 1.807) is 4.90 Å². The molecule has 1 amide bonds. The predicted molar refractivity (Wildman–Crippen MR) is 47.7 cm³/mol. The van der Waals surface area contributed by atoms with Gasteiger partial charge in [-0.2, -0.15) is 0 Å². The zero-order chi connectivity index (χ0) is 9.78. The second-order valence-electron chi connectivity index (χ2n) is 3.36. The maximum absolute atomic E-state index is 13.2. The van der Waals surface area contributed by atoms with Crippen LogP contribution in [-0.4, -0.2) is 29.6 Å². The zero-order valence-electron chi connectivity index (χ0n) is 8.35.